The van der Waals surface area contributed by atoms with Crippen LogP contribution in [0.1, 0.15) is 39.5 Å². The van der Waals surface area contributed by atoms with E-state index in [1.807, 2.05) is 11.8 Å². The first kappa shape index (κ1) is 12.6. The highest BCUT2D eigenvalue weighted by atomic mass is 32.2. The maximum absolute atomic E-state index is 2.30. The van der Waals surface area contributed by atoms with E-state index < -0.39 is 0 Å². The van der Waals surface area contributed by atoms with Gasteiger partial charge < -0.3 is 0 Å². The number of benzene rings is 1. The van der Waals surface area contributed by atoms with Crippen LogP contribution in [0.25, 0.3) is 0 Å². The van der Waals surface area contributed by atoms with Crippen molar-refractivity contribution >= 4 is 11.8 Å². The number of unbranched alkanes of at least 4 members (excludes halogenated alkanes) is 2. The van der Waals surface area contributed by atoms with Crippen LogP contribution >= 0.6 is 11.8 Å². The lowest BCUT2D eigenvalue weighted by atomic mass is 10.1. The van der Waals surface area contributed by atoms with Gasteiger partial charge in [-0.05, 0) is 30.2 Å². The Morgan fingerprint density at radius 3 is 2.40 bits per heavy atom. The van der Waals surface area contributed by atoms with Gasteiger partial charge in [0, 0.05) is 4.90 Å². The van der Waals surface area contributed by atoms with Crippen molar-refractivity contribution in [1.29, 1.82) is 0 Å². The smallest absolute Gasteiger partial charge is 0.00719 e. The van der Waals surface area contributed by atoms with Crippen LogP contribution < -0.4 is 0 Å². The second-order valence-electron chi connectivity index (χ2n) is 4.40. The van der Waals surface area contributed by atoms with Gasteiger partial charge in [-0.3, -0.25) is 0 Å². The van der Waals surface area contributed by atoms with Crippen molar-refractivity contribution in [2.24, 2.45) is 5.92 Å². The fraction of sp³-hybridized carbons (Fsp3) is 0.571. The van der Waals surface area contributed by atoms with Gasteiger partial charge in [0.2, 0.25) is 0 Å². The van der Waals surface area contributed by atoms with E-state index in [1.165, 1.54) is 36.3 Å². The van der Waals surface area contributed by atoms with Crippen molar-refractivity contribution in [2.45, 2.75) is 44.4 Å². The van der Waals surface area contributed by atoms with Gasteiger partial charge in [0.05, 0.1) is 0 Å². The molecule has 0 bridgehead atoms. The minimum Gasteiger partial charge on any atom is -0.126 e. The second-order valence-corrected chi connectivity index (χ2v) is 5.57. The summed E-state index contributed by atoms with van der Waals surface area (Å²) in [6.07, 6.45) is 5.52. The molecule has 0 saturated carbocycles. The molecule has 0 N–H and O–H groups in total. The van der Waals surface area contributed by atoms with Crippen LogP contribution in [0.3, 0.4) is 0 Å². The quantitative estimate of drug-likeness (QED) is 0.462. The number of thioether (sulfide) groups is 1. The lowest BCUT2D eigenvalue weighted by Gasteiger charge is -2.04. The average molecular weight is 222 g/mol. The third-order valence-corrected chi connectivity index (χ3v) is 3.54. The first-order chi connectivity index (χ1) is 7.29. The highest BCUT2D eigenvalue weighted by molar-refractivity contribution is 7.99. The van der Waals surface area contributed by atoms with Crippen LogP contribution in [0.15, 0.2) is 35.2 Å². The van der Waals surface area contributed by atoms with E-state index in [2.05, 4.69) is 44.2 Å². The van der Waals surface area contributed by atoms with Crippen LogP contribution in [-0.2, 0) is 0 Å². The molecular formula is C14H22S. The largest absolute Gasteiger partial charge is 0.126 e. The van der Waals surface area contributed by atoms with Crippen molar-refractivity contribution in [1.82, 2.24) is 0 Å². The van der Waals surface area contributed by atoms with Crippen molar-refractivity contribution in [3.63, 3.8) is 0 Å². The van der Waals surface area contributed by atoms with Crippen molar-refractivity contribution in [3.8, 4) is 0 Å². The zero-order valence-electron chi connectivity index (χ0n) is 9.91. The van der Waals surface area contributed by atoms with Gasteiger partial charge in [-0.25, -0.2) is 0 Å². The van der Waals surface area contributed by atoms with Gasteiger partial charge in [0.1, 0.15) is 0 Å². The Hall–Kier alpha value is -0.430. The summed E-state index contributed by atoms with van der Waals surface area (Å²) < 4.78 is 0. The van der Waals surface area contributed by atoms with E-state index >= 15 is 0 Å². The Balaban J connectivity index is 1.98. The topological polar surface area (TPSA) is 0 Å². The second kappa shape index (κ2) is 7.81. The molecule has 0 aliphatic heterocycles. The summed E-state index contributed by atoms with van der Waals surface area (Å²) in [6, 6.07) is 10.7. The lowest BCUT2D eigenvalue weighted by Crippen LogP contribution is -1.88. The van der Waals surface area contributed by atoms with Crippen LogP contribution in [0.4, 0.5) is 0 Å². The summed E-state index contributed by atoms with van der Waals surface area (Å²) in [4.78, 5) is 1.40. The molecule has 1 rings (SSSR count). The molecule has 0 aliphatic rings. The molecule has 0 radical (unpaired) electrons. The first-order valence-corrected chi connectivity index (χ1v) is 6.95. The minimum absolute atomic E-state index is 0.867. The maximum Gasteiger partial charge on any atom is 0.00719 e. The fourth-order valence-corrected chi connectivity index (χ4v) is 2.47. The van der Waals surface area contributed by atoms with Crippen LogP contribution in [0, 0.1) is 5.92 Å². The molecule has 0 saturated heterocycles. The summed E-state index contributed by atoms with van der Waals surface area (Å²) in [5, 5.41) is 0. The normalized spacial score (nSPS) is 10.9. The molecule has 0 atom stereocenters. The summed E-state index contributed by atoms with van der Waals surface area (Å²) in [7, 11) is 0. The molecule has 0 fully saturated rings. The Morgan fingerprint density at radius 2 is 1.73 bits per heavy atom. The summed E-state index contributed by atoms with van der Waals surface area (Å²) in [5.41, 5.74) is 0. The standard InChI is InChI=1S/C14H22S/c1-13(2)9-5-4-8-12-15-14-10-6-3-7-11-14/h3,6-7,10-11,13H,4-5,8-9,12H2,1-2H3. The van der Waals surface area contributed by atoms with Crippen molar-refractivity contribution in [3.05, 3.63) is 30.3 Å². The van der Waals surface area contributed by atoms with Crippen LogP contribution in [0.5, 0.6) is 0 Å². The van der Waals surface area contributed by atoms with Gasteiger partial charge in [0.15, 0.2) is 0 Å². The Bertz CT molecular complexity index is 241. The fourth-order valence-electron chi connectivity index (χ4n) is 1.54. The molecule has 1 aromatic carbocycles. The van der Waals surface area contributed by atoms with E-state index in [4.69, 9.17) is 0 Å². The minimum atomic E-state index is 0.867. The van der Waals surface area contributed by atoms with Gasteiger partial charge in [-0.15, -0.1) is 11.8 Å². The van der Waals surface area contributed by atoms with Gasteiger partial charge >= 0.3 is 0 Å². The Morgan fingerprint density at radius 1 is 1.00 bits per heavy atom. The zero-order chi connectivity index (χ0) is 10.9. The lowest BCUT2D eigenvalue weighted by molar-refractivity contribution is 0.535. The summed E-state index contributed by atoms with van der Waals surface area (Å²) >= 11 is 1.98. The molecule has 0 aliphatic carbocycles. The molecule has 0 aromatic heterocycles. The first-order valence-electron chi connectivity index (χ1n) is 5.97. The van der Waals surface area contributed by atoms with E-state index in [0.29, 0.717) is 0 Å². The Labute approximate surface area is 98.5 Å². The van der Waals surface area contributed by atoms with Crippen LogP contribution in [-0.4, -0.2) is 5.75 Å². The number of hydrogen-bond donors (Lipinski definition) is 0. The van der Waals surface area contributed by atoms with Gasteiger partial charge in [-0.1, -0.05) is 51.3 Å². The Kier molecular flexibility index (Phi) is 6.58. The monoisotopic (exact) mass is 222 g/mol. The molecule has 0 nitrogen and oxygen atoms in total. The zero-order valence-corrected chi connectivity index (χ0v) is 10.7. The predicted octanol–water partition coefficient (Wildman–Crippen LogP) is 5.00. The highest BCUT2D eigenvalue weighted by Gasteiger charge is 1.95. The number of rotatable bonds is 7. The molecule has 15 heavy (non-hydrogen) atoms. The summed E-state index contributed by atoms with van der Waals surface area (Å²) in [6.45, 7) is 4.61. The molecule has 1 heteroatoms. The van der Waals surface area contributed by atoms with E-state index in [-0.39, 0.29) is 0 Å². The van der Waals surface area contributed by atoms with E-state index in [1.54, 1.807) is 0 Å². The van der Waals surface area contributed by atoms with Crippen molar-refractivity contribution in [2.75, 3.05) is 5.75 Å². The van der Waals surface area contributed by atoms with Crippen LogP contribution in [0.2, 0.25) is 0 Å². The third kappa shape index (κ3) is 6.62. The number of hydrogen-bond acceptors (Lipinski definition) is 1. The molecule has 0 spiro atoms. The molecule has 84 valence electrons. The van der Waals surface area contributed by atoms with E-state index in [9.17, 15) is 0 Å². The molecule has 0 unspecified atom stereocenters. The summed E-state index contributed by atoms with van der Waals surface area (Å²) in [5.74, 6) is 2.13. The van der Waals surface area contributed by atoms with Gasteiger partial charge in [0.25, 0.3) is 0 Å². The van der Waals surface area contributed by atoms with Crippen molar-refractivity contribution < 1.29 is 0 Å². The molecular weight excluding hydrogens is 200 g/mol. The molecule has 0 amide bonds. The SMILES string of the molecule is CC(C)CCCCCSc1ccccc1. The molecule has 1 aromatic rings. The van der Waals surface area contributed by atoms with Gasteiger partial charge in [-0.2, -0.15) is 0 Å². The maximum atomic E-state index is 2.30. The molecule has 0 heterocycles. The van der Waals surface area contributed by atoms with E-state index in [0.717, 1.165) is 5.92 Å². The third-order valence-electron chi connectivity index (χ3n) is 2.44. The highest BCUT2D eigenvalue weighted by Crippen LogP contribution is 2.19. The average Bonchev–Trinajstić information content (AvgIpc) is 2.24. The predicted molar refractivity (Wildman–Crippen MR) is 70.5 cm³/mol.